The maximum absolute atomic E-state index is 5.59. The number of ether oxygens (including phenoxy) is 2. The summed E-state index contributed by atoms with van der Waals surface area (Å²) in [6.07, 6.45) is 3.73. The molecule has 1 aliphatic rings. The number of piperazine rings is 1. The fourth-order valence-corrected chi connectivity index (χ4v) is 2.78. The maximum Gasteiger partial charge on any atom is 0.250 e. The summed E-state index contributed by atoms with van der Waals surface area (Å²) in [5.41, 5.74) is 0.973. The first-order chi connectivity index (χ1) is 12.2. The van der Waals surface area contributed by atoms with E-state index in [0.29, 0.717) is 29.8 Å². The summed E-state index contributed by atoms with van der Waals surface area (Å²) in [6, 6.07) is 5.90. The average molecular weight is 344 g/mol. The van der Waals surface area contributed by atoms with Gasteiger partial charge in [0.2, 0.25) is 0 Å². The van der Waals surface area contributed by atoms with Crippen LogP contribution in [0.15, 0.2) is 22.7 Å². The highest BCUT2D eigenvalue weighted by Gasteiger charge is 2.24. The van der Waals surface area contributed by atoms with Crippen LogP contribution in [0.5, 0.6) is 11.5 Å². The number of nitrogens with zero attached hydrogens (tertiary/aromatic N) is 3. The third-order valence-electron chi connectivity index (χ3n) is 4.17. The summed E-state index contributed by atoms with van der Waals surface area (Å²) >= 11 is 0. The Kier molecular flexibility index (Phi) is 5.67. The zero-order chi connectivity index (χ0) is 17.6. The summed E-state index contributed by atoms with van der Waals surface area (Å²) in [5, 5.41) is 7.47. The quantitative estimate of drug-likeness (QED) is 0.861. The molecule has 3 rings (SSSR count). The lowest BCUT2D eigenvalue weighted by molar-refractivity contribution is 0.190. The Morgan fingerprint density at radius 3 is 3.00 bits per heavy atom. The Hall–Kier alpha value is -2.38. The second-order valence-electron chi connectivity index (χ2n) is 5.87. The van der Waals surface area contributed by atoms with Crippen molar-refractivity contribution in [2.45, 2.75) is 13.0 Å². The van der Waals surface area contributed by atoms with Crippen molar-refractivity contribution in [1.82, 2.24) is 20.4 Å². The molecule has 0 saturated carbocycles. The van der Waals surface area contributed by atoms with E-state index in [1.165, 1.54) is 0 Å². The van der Waals surface area contributed by atoms with Gasteiger partial charge in [-0.15, -0.1) is 0 Å². The van der Waals surface area contributed by atoms with Gasteiger partial charge in [-0.05, 0) is 37.7 Å². The molecule has 0 aliphatic carbocycles. The first-order valence-electron chi connectivity index (χ1n) is 8.44. The molecule has 1 saturated heterocycles. The van der Waals surface area contributed by atoms with E-state index in [2.05, 4.69) is 27.4 Å². The van der Waals surface area contributed by atoms with E-state index in [0.717, 1.165) is 25.2 Å². The Balaban J connectivity index is 1.73. The van der Waals surface area contributed by atoms with Gasteiger partial charge in [-0.2, -0.15) is 4.98 Å². The lowest BCUT2D eigenvalue weighted by Gasteiger charge is -2.30. The molecule has 0 bridgehead atoms. The van der Waals surface area contributed by atoms with Crippen LogP contribution in [0, 0.1) is 0 Å². The molecule has 2 aromatic rings. The van der Waals surface area contributed by atoms with Gasteiger partial charge in [0.1, 0.15) is 0 Å². The number of nitrogens with one attached hydrogen (secondary N) is 1. The number of hydrogen-bond acceptors (Lipinski definition) is 7. The van der Waals surface area contributed by atoms with Gasteiger partial charge in [-0.3, -0.25) is 4.90 Å². The minimum absolute atomic E-state index is 0.144. The average Bonchev–Trinajstić information content (AvgIpc) is 3.09. The van der Waals surface area contributed by atoms with Gasteiger partial charge in [0.05, 0.1) is 19.8 Å². The van der Waals surface area contributed by atoms with Crippen molar-refractivity contribution in [3.63, 3.8) is 0 Å². The molecule has 1 aromatic carbocycles. The van der Waals surface area contributed by atoms with Crippen LogP contribution in [0.4, 0.5) is 0 Å². The van der Waals surface area contributed by atoms with Crippen molar-refractivity contribution in [3.8, 4) is 11.5 Å². The molecule has 7 heteroatoms. The van der Waals surface area contributed by atoms with Crippen molar-refractivity contribution in [2.24, 2.45) is 0 Å². The second-order valence-corrected chi connectivity index (χ2v) is 5.87. The van der Waals surface area contributed by atoms with Crippen LogP contribution in [-0.4, -0.2) is 55.4 Å². The molecule has 1 fully saturated rings. The number of aromatic nitrogens is 2. The van der Waals surface area contributed by atoms with E-state index in [4.69, 9.17) is 14.0 Å². The molecule has 1 aliphatic heterocycles. The van der Waals surface area contributed by atoms with Gasteiger partial charge in [0.15, 0.2) is 17.3 Å². The first-order valence-corrected chi connectivity index (χ1v) is 8.44. The van der Waals surface area contributed by atoms with Crippen LogP contribution in [0.2, 0.25) is 0 Å². The van der Waals surface area contributed by atoms with Crippen LogP contribution in [0.25, 0.3) is 12.2 Å². The third-order valence-corrected chi connectivity index (χ3v) is 4.17. The second kappa shape index (κ2) is 8.13. The first kappa shape index (κ1) is 17.4. The Morgan fingerprint density at radius 2 is 2.24 bits per heavy atom. The molecule has 1 N–H and O–H groups in total. The van der Waals surface area contributed by atoms with Gasteiger partial charge < -0.3 is 19.3 Å². The minimum Gasteiger partial charge on any atom is -0.493 e. The molecule has 2 heterocycles. The highest BCUT2D eigenvalue weighted by atomic mass is 16.5. The fourth-order valence-electron chi connectivity index (χ4n) is 2.78. The van der Waals surface area contributed by atoms with E-state index >= 15 is 0 Å². The molecule has 134 valence electrons. The Bertz CT molecular complexity index is 729. The van der Waals surface area contributed by atoms with E-state index in [9.17, 15) is 0 Å². The molecule has 0 amide bonds. The van der Waals surface area contributed by atoms with Gasteiger partial charge in [-0.1, -0.05) is 11.2 Å². The van der Waals surface area contributed by atoms with Crippen molar-refractivity contribution in [3.05, 3.63) is 35.5 Å². The lowest BCUT2D eigenvalue weighted by Crippen LogP contribution is -2.44. The Morgan fingerprint density at radius 1 is 1.36 bits per heavy atom. The summed E-state index contributed by atoms with van der Waals surface area (Å²) in [7, 11) is 3.70. The highest BCUT2D eigenvalue weighted by molar-refractivity contribution is 5.67. The summed E-state index contributed by atoms with van der Waals surface area (Å²) in [5.74, 6) is 2.63. The summed E-state index contributed by atoms with van der Waals surface area (Å²) < 4.78 is 16.2. The molecule has 1 aromatic heterocycles. The molecule has 7 nitrogen and oxygen atoms in total. The Labute approximate surface area is 147 Å². The van der Waals surface area contributed by atoms with Crippen LogP contribution in [-0.2, 0) is 0 Å². The topological polar surface area (TPSA) is 72.7 Å². The lowest BCUT2D eigenvalue weighted by atomic mass is 10.2. The van der Waals surface area contributed by atoms with E-state index in [1.807, 2.05) is 37.3 Å². The monoisotopic (exact) mass is 344 g/mol. The van der Waals surface area contributed by atoms with Crippen LogP contribution in [0.3, 0.4) is 0 Å². The van der Waals surface area contributed by atoms with Crippen molar-refractivity contribution < 1.29 is 14.0 Å². The molecule has 0 spiro atoms. The normalized spacial score (nSPS) is 18.6. The highest BCUT2D eigenvalue weighted by Crippen LogP contribution is 2.28. The number of methoxy groups -OCH3 is 1. The van der Waals surface area contributed by atoms with Crippen molar-refractivity contribution in [1.29, 1.82) is 0 Å². The molecular weight excluding hydrogens is 320 g/mol. The van der Waals surface area contributed by atoms with Crippen LogP contribution < -0.4 is 14.8 Å². The molecule has 1 atom stereocenters. The molecule has 1 unspecified atom stereocenters. The molecular formula is C18H24N4O3. The smallest absolute Gasteiger partial charge is 0.250 e. The summed E-state index contributed by atoms with van der Waals surface area (Å²) in [6.45, 7) is 5.31. The van der Waals surface area contributed by atoms with Crippen molar-refractivity contribution in [2.75, 3.05) is 40.4 Å². The van der Waals surface area contributed by atoms with Crippen LogP contribution >= 0.6 is 0 Å². The van der Waals surface area contributed by atoms with Gasteiger partial charge in [0.25, 0.3) is 5.89 Å². The van der Waals surface area contributed by atoms with Gasteiger partial charge in [-0.25, -0.2) is 0 Å². The van der Waals surface area contributed by atoms with Crippen LogP contribution in [0.1, 0.15) is 30.2 Å². The molecule has 0 radical (unpaired) electrons. The maximum atomic E-state index is 5.59. The predicted octanol–water partition coefficient (Wildman–Crippen LogP) is 2.22. The molecule has 25 heavy (non-hydrogen) atoms. The minimum atomic E-state index is 0.144. The van der Waals surface area contributed by atoms with E-state index in [1.54, 1.807) is 7.11 Å². The standard InChI is InChI=1S/C18H24N4O3/c1-4-24-16-11-13(5-7-15(16)23-3)6-8-17-20-18(21-25-17)14-12-19-9-10-22(14)2/h5-8,11,14,19H,4,9-10,12H2,1-3H3/b8-6+. The third kappa shape index (κ3) is 4.18. The predicted molar refractivity (Wildman–Crippen MR) is 95.6 cm³/mol. The van der Waals surface area contributed by atoms with Gasteiger partial charge in [0, 0.05) is 25.7 Å². The number of rotatable bonds is 6. The van der Waals surface area contributed by atoms with Crippen molar-refractivity contribution >= 4 is 12.2 Å². The number of likely N-dealkylation sites (N-methyl/N-ethyl adjacent to an activating group) is 1. The fraction of sp³-hybridized carbons (Fsp3) is 0.444. The number of hydrogen-bond donors (Lipinski definition) is 1. The largest absolute Gasteiger partial charge is 0.493 e. The van der Waals surface area contributed by atoms with E-state index < -0.39 is 0 Å². The SMILES string of the molecule is CCOc1cc(/C=C/c2nc(C3CNCCN3C)no2)ccc1OC. The zero-order valence-corrected chi connectivity index (χ0v) is 14.9. The van der Waals surface area contributed by atoms with Gasteiger partial charge >= 0.3 is 0 Å². The summed E-state index contributed by atoms with van der Waals surface area (Å²) in [4.78, 5) is 6.72. The van der Waals surface area contributed by atoms with E-state index in [-0.39, 0.29) is 6.04 Å². The number of benzene rings is 1. The zero-order valence-electron chi connectivity index (χ0n) is 14.9.